The van der Waals surface area contributed by atoms with Gasteiger partial charge in [0.15, 0.2) is 11.5 Å². The second-order valence-electron chi connectivity index (χ2n) is 6.76. The first-order valence-electron chi connectivity index (χ1n) is 9.83. The van der Waals surface area contributed by atoms with Crippen LogP contribution in [0.25, 0.3) is 0 Å². The minimum Gasteiger partial charge on any atom is -0.493 e. The lowest BCUT2D eigenvalue weighted by atomic mass is 10.1. The van der Waals surface area contributed by atoms with E-state index in [9.17, 15) is 9.59 Å². The van der Waals surface area contributed by atoms with E-state index in [0.717, 1.165) is 5.56 Å². The Morgan fingerprint density at radius 1 is 0.758 bits per heavy atom. The minimum atomic E-state index is -0.546. The van der Waals surface area contributed by atoms with Crippen LogP contribution in [0.5, 0.6) is 23.0 Å². The van der Waals surface area contributed by atoms with Crippen molar-refractivity contribution in [2.75, 3.05) is 21.3 Å². The number of nitrogens with one attached hydrogen (secondary N) is 2. The molecule has 0 bridgehead atoms. The number of carbonyl (C=O) groups excluding carboxylic acids is 2. The molecule has 8 nitrogen and oxygen atoms in total. The highest BCUT2D eigenvalue weighted by Crippen LogP contribution is 2.38. The highest BCUT2D eigenvalue weighted by Gasteiger charge is 2.17. The third kappa shape index (κ3) is 6.08. The summed E-state index contributed by atoms with van der Waals surface area (Å²) in [6.45, 7) is 0.335. The van der Waals surface area contributed by atoms with E-state index in [1.54, 1.807) is 48.5 Å². The van der Waals surface area contributed by atoms with Crippen LogP contribution < -0.4 is 29.8 Å². The summed E-state index contributed by atoms with van der Waals surface area (Å²) in [5, 5.41) is 0.634. The van der Waals surface area contributed by atoms with Crippen LogP contribution in [-0.2, 0) is 6.61 Å². The second-order valence-corrected chi connectivity index (χ2v) is 7.20. The number of methoxy groups -OCH3 is 3. The number of benzene rings is 3. The van der Waals surface area contributed by atoms with Crippen molar-refractivity contribution in [1.82, 2.24) is 10.9 Å². The molecule has 0 radical (unpaired) electrons. The van der Waals surface area contributed by atoms with Gasteiger partial charge in [-0.3, -0.25) is 20.4 Å². The average Bonchev–Trinajstić information content (AvgIpc) is 2.86. The Morgan fingerprint density at radius 3 is 1.82 bits per heavy atom. The molecule has 9 heteroatoms. The molecule has 0 spiro atoms. The van der Waals surface area contributed by atoms with E-state index >= 15 is 0 Å². The number of ether oxygens (including phenoxy) is 4. The van der Waals surface area contributed by atoms with Gasteiger partial charge in [0.05, 0.1) is 21.3 Å². The predicted molar refractivity (Wildman–Crippen MR) is 123 cm³/mol. The third-order valence-corrected chi connectivity index (χ3v) is 4.90. The molecule has 3 aromatic carbocycles. The van der Waals surface area contributed by atoms with Crippen molar-refractivity contribution in [3.63, 3.8) is 0 Å². The topological polar surface area (TPSA) is 95.1 Å². The zero-order valence-electron chi connectivity index (χ0n) is 18.3. The van der Waals surface area contributed by atoms with Crippen LogP contribution in [0.2, 0.25) is 5.02 Å². The summed E-state index contributed by atoms with van der Waals surface area (Å²) in [6.07, 6.45) is 0. The first kappa shape index (κ1) is 23.7. The van der Waals surface area contributed by atoms with E-state index in [2.05, 4.69) is 10.9 Å². The van der Waals surface area contributed by atoms with Crippen LogP contribution >= 0.6 is 11.6 Å². The van der Waals surface area contributed by atoms with Crippen LogP contribution in [0.4, 0.5) is 0 Å². The Morgan fingerprint density at radius 2 is 1.30 bits per heavy atom. The standard InChI is InChI=1S/C24H23ClN2O6/c1-30-20-12-17(13-21(31-2)22(20)32-3)24(29)27-26-23(28)16-6-4-15(5-7-16)14-33-19-10-8-18(25)9-11-19/h4-13H,14H2,1-3H3,(H,26,28)(H,27,29). The molecule has 0 heterocycles. The molecule has 2 N–H and O–H groups in total. The first-order valence-corrected chi connectivity index (χ1v) is 10.2. The Balaban J connectivity index is 1.58. The SMILES string of the molecule is COc1cc(C(=O)NNC(=O)c2ccc(COc3ccc(Cl)cc3)cc2)cc(OC)c1OC. The summed E-state index contributed by atoms with van der Waals surface area (Å²) >= 11 is 5.86. The molecular weight excluding hydrogens is 448 g/mol. The molecule has 0 unspecified atom stereocenters. The first-order chi connectivity index (χ1) is 15.9. The van der Waals surface area contributed by atoms with Crippen LogP contribution in [0.3, 0.4) is 0 Å². The Bertz CT molecular complexity index is 1090. The van der Waals surface area contributed by atoms with Gasteiger partial charge in [-0.05, 0) is 54.1 Å². The van der Waals surface area contributed by atoms with Gasteiger partial charge in [0.1, 0.15) is 12.4 Å². The average molecular weight is 471 g/mol. The second kappa shape index (κ2) is 11.1. The lowest BCUT2D eigenvalue weighted by Crippen LogP contribution is -2.41. The maximum absolute atomic E-state index is 12.5. The van der Waals surface area contributed by atoms with Crippen molar-refractivity contribution in [2.45, 2.75) is 6.61 Å². The number of hydrogen-bond acceptors (Lipinski definition) is 6. The zero-order valence-corrected chi connectivity index (χ0v) is 19.1. The lowest BCUT2D eigenvalue weighted by molar-refractivity contribution is 0.0846. The van der Waals surface area contributed by atoms with E-state index in [1.807, 2.05) is 0 Å². The molecule has 0 aromatic heterocycles. The Labute approximate surface area is 196 Å². The van der Waals surface area contributed by atoms with E-state index in [-0.39, 0.29) is 5.56 Å². The Hall–Kier alpha value is -3.91. The molecule has 0 atom stereocenters. The van der Waals surface area contributed by atoms with E-state index in [4.69, 9.17) is 30.5 Å². The van der Waals surface area contributed by atoms with Crippen molar-refractivity contribution >= 4 is 23.4 Å². The van der Waals surface area contributed by atoms with Gasteiger partial charge in [0.2, 0.25) is 5.75 Å². The maximum atomic E-state index is 12.5. The summed E-state index contributed by atoms with van der Waals surface area (Å²) in [4.78, 5) is 24.9. The molecule has 172 valence electrons. The summed E-state index contributed by atoms with van der Waals surface area (Å²) in [6, 6.07) is 16.8. The van der Waals surface area contributed by atoms with Crippen LogP contribution in [0, 0.1) is 0 Å². The molecular formula is C24H23ClN2O6. The molecule has 0 fully saturated rings. The van der Waals surface area contributed by atoms with Crippen molar-refractivity contribution in [1.29, 1.82) is 0 Å². The number of carbonyl (C=O) groups is 2. The largest absolute Gasteiger partial charge is 0.493 e. The van der Waals surface area contributed by atoms with E-state index in [1.165, 1.54) is 33.5 Å². The molecule has 3 aromatic rings. The van der Waals surface area contributed by atoms with Gasteiger partial charge in [-0.15, -0.1) is 0 Å². The highest BCUT2D eigenvalue weighted by atomic mass is 35.5. The van der Waals surface area contributed by atoms with Gasteiger partial charge in [0, 0.05) is 16.1 Å². The number of hydrazine groups is 1. The van der Waals surface area contributed by atoms with Gasteiger partial charge >= 0.3 is 0 Å². The number of hydrogen-bond donors (Lipinski definition) is 2. The van der Waals surface area contributed by atoms with E-state index in [0.29, 0.717) is 40.2 Å². The fourth-order valence-corrected chi connectivity index (χ4v) is 3.05. The van der Waals surface area contributed by atoms with Crippen LogP contribution in [0.15, 0.2) is 60.7 Å². The number of rotatable bonds is 8. The predicted octanol–water partition coefficient (Wildman–Crippen LogP) is 4.02. The number of amides is 2. The lowest BCUT2D eigenvalue weighted by Gasteiger charge is -2.14. The van der Waals surface area contributed by atoms with Crippen LogP contribution in [-0.4, -0.2) is 33.1 Å². The molecule has 0 aliphatic rings. The van der Waals surface area contributed by atoms with E-state index < -0.39 is 11.8 Å². The van der Waals surface area contributed by atoms with Crippen molar-refractivity contribution in [3.8, 4) is 23.0 Å². The van der Waals surface area contributed by atoms with Crippen LogP contribution in [0.1, 0.15) is 26.3 Å². The van der Waals surface area contributed by atoms with Crippen molar-refractivity contribution < 1.29 is 28.5 Å². The maximum Gasteiger partial charge on any atom is 0.269 e. The fourth-order valence-electron chi connectivity index (χ4n) is 2.92. The molecule has 3 rings (SSSR count). The summed E-state index contributed by atoms with van der Waals surface area (Å²) in [7, 11) is 4.37. The number of halogens is 1. The summed E-state index contributed by atoms with van der Waals surface area (Å²) in [5.41, 5.74) is 6.24. The molecule has 33 heavy (non-hydrogen) atoms. The minimum absolute atomic E-state index is 0.222. The van der Waals surface area contributed by atoms with Gasteiger partial charge in [-0.1, -0.05) is 23.7 Å². The molecule has 0 aliphatic heterocycles. The zero-order chi connectivity index (χ0) is 23.8. The van der Waals surface area contributed by atoms with Gasteiger partial charge in [0.25, 0.3) is 11.8 Å². The fraction of sp³-hybridized carbons (Fsp3) is 0.167. The van der Waals surface area contributed by atoms with Gasteiger partial charge < -0.3 is 18.9 Å². The smallest absolute Gasteiger partial charge is 0.269 e. The molecule has 2 amide bonds. The quantitative estimate of drug-likeness (QED) is 0.483. The summed E-state index contributed by atoms with van der Waals surface area (Å²) in [5.74, 6) is 0.683. The van der Waals surface area contributed by atoms with Gasteiger partial charge in [-0.25, -0.2) is 0 Å². The van der Waals surface area contributed by atoms with Gasteiger partial charge in [-0.2, -0.15) is 0 Å². The van der Waals surface area contributed by atoms with Crippen molar-refractivity contribution in [2.24, 2.45) is 0 Å². The van der Waals surface area contributed by atoms with Crippen molar-refractivity contribution in [3.05, 3.63) is 82.4 Å². The molecule has 0 saturated carbocycles. The molecule has 0 saturated heterocycles. The molecule has 0 aliphatic carbocycles. The Kier molecular flexibility index (Phi) is 7.99. The summed E-state index contributed by atoms with van der Waals surface area (Å²) < 4.78 is 21.4. The monoisotopic (exact) mass is 470 g/mol. The third-order valence-electron chi connectivity index (χ3n) is 4.65. The normalized spacial score (nSPS) is 10.2. The highest BCUT2D eigenvalue weighted by molar-refractivity contribution is 6.30.